The molecular formula is C19H19N3O2S3. The average Bonchev–Trinajstić information content (AvgIpc) is 3.22. The van der Waals surface area contributed by atoms with Crippen molar-refractivity contribution in [3.8, 4) is 0 Å². The van der Waals surface area contributed by atoms with E-state index in [1.165, 1.54) is 11.8 Å². The van der Waals surface area contributed by atoms with E-state index >= 15 is 0 Å². The molecule has 1 aliphatic heterocycles. The first-order valence-electron chi connectivity index (χ1n) is 8.84. The lowest BCUT2D eigenvalue weighted by atomic mass is 10.2. The number of rotatable bonds is 6. The predicted molar refractivity (Wildman–Crippen MR) is 112 cm³/mol. The number of para-hydroxylation sites is 1. The minimum atomic E-state index is 0.0259. The van der Waals surface area contributed by atoms with Crippen molar-refractivity contribution in [3.05, 3.63) is 45.3 Å². The summed E-state index contributed by atoms with van der Waals surface area (Å²) in [6.45, 7) is 4.60. The Morgan fingerprint density at radius 3 is 2.93 bits per heavy atom. The van der Waals surface area contributed by atoms with Crippen LogP contribution in [0.5, 0.6) is 0 Å². The third-order valence-corrected chi connectivity index (χ3v) is 7.62. The SMILES string of the molecule is CCn1c(SCC(=O)Cc2nc3ccccc3s2)nc2c(c1=O)SC(C)C2. The highest BCUT2D eigenvalue weighted by molar-refractivity contribution is 8.00. The number of nitrogens with zero attached hydrogens (tertiary/aromatic N) is 3. The van der Waals surface area contributed by atoms with E-state index in [9.17, 15) is 9.59 Å². The second-order valence-corrected chi connectivity index (χ2v) is 9.94. The first-order chi connectivity index (χ1) is 13.0. The van der Waals surface area contributed by atoms with Gasteiger partial charge >= 0.3 is 0 Å². The number of Topliss-reactive ketones (excluding diaryl/α,β-unsaturated/α-hetero) is 1. The summed E-state index contributed by atoms with van der Waals surface area (Å²) in [6, 6.07) is 7.90. The molecule has 1 atom stereocenters. The summed E-state index contributed by atoms with van der Waals surface area (Å²) in [5.74, 6) is 0.392. The molecule has 5 nitrogen and oxygen atoms in total. The van der Waals surface area contributed by atoms with Gasteiger partial charge in [-0.25, -0.2) is 9.97 Å². The molecular weight excluding hydrogens is 398 g/mol. The predicted octanol–water partition coefficient (Wildman–Crippen LogP) is 3.81. The van der Waals surface area contributed by atoms with Gasteiger partial charge in [0.2, 0.25) is 0 Å². The average molecular weight is 418 g/mol. The molecule has 3 heterocycles. The number of carbonyl (C=O) groups excluding carboxylic acids is 1. The van der Waals surface area contributed by atoms with E-state index in [0.29, 0.717) is 29.1 Å². The van der Waals surface area contributed by atoms with E-state index in [1.54, 1.807) is 27.7 Å². The van der Waals surface area contributed by atoms with Crippen LogP contribution in [-0.4, -0.2) is 31.3 Å². The van der Waals surface area contributed by atoms with Gasteiger partial charge in [-0.3, -0.25) is 14.2 Å². The van der Waals surface area contributed by atoms with Gasteiger partial charge in [0.1, 0.15) is 10.8 Å². The van der Waals surface area contributed by atoms with Crippen molar-refractivity contribution >= 4 is 50.9 Å². The molecule has 3 aromatic rings. The summed E-state index contributed by atoms with van der Waals surface area (Å²) in [6.07, 6.45) is 1.13. The molecule has 1 aromatic carbocycles. The fraction of sp³-hybridized carbons (Fsp3) is 0.368. The van der Waals surface area contributed by atoms with Gasteiger partial charge in [-0.05, 0) is 19.1 Å². The van der Waals surface area contributed by atoms with E-state index in [-0.39, 0.29) is 11.3 Å². The molecule has 0 aliphatic carbocycles. The monoisotopic (exact) mass is 417 g/mol. The Balaban J connectivity index is 1.48. The van der Waals surface area contributed by atoms with Gasteiger partial charge in [0.15, 0.2) is 5.16 Å². The van der Waals surface area contributed by atoms with Crippen LogP contribution in [0.4, 0.5) is 0 Å². The number of carbonyl (C=O) groups is 1. The highest BCUT2D eigenvalue weighted by Crippen LogP contribution is 2.34. The molecule has 0 bridgehead atoms. The number of aromatic nitrogens is 3. The van der Waals surface area contributed by atoms with Crippen molar-refractivity contribution in [1.29, 1.82) is 0 Å². The molecule has 1 aliphatic rings. The van der Waals surface area contributed by atoms with Gasteiger partial charge in [-0.1, -0.05) is 30.8 Å². The van der Waals surface area contributed by atoms with Crippen molar-refractivity contribution < 1.29 is 4.79 Å². The molecule has 4 rings (SSSR count). The Kier molecular flexibility index (Phi) is 5.39. The van der Waals surface area contributed by atoms with E-state index in [1.807, 2.05) is 31.2 Å². The zero-order valence-corrected chi connectivity index (χ0v) is 17.5. The number of hydrogen-bond donors (Lipinski definition) is 0. The molecule has 27 heavy (non-hydrogen) atoms. The summed E-state index contributed by atoms with van der Waals surface area (Å²) in [4.78, 5) is 35.1. The molecule has 0 amide bonds. The molecule has 0 N–H and O–H groups in total. The maximum absolute atomic E-state index is 12.7. The van der Waals surface area contributed by atoms with Crippen LogP contribution in [0.1, 0.15) is 24.5 Å². The fourth-order valence-corrected chi connectivity index (χ4v) is 6.13. The van der Waals surface area contributed by atoms with Crippen molar-refractivity contribution in [2.45, 2.75) is 48.5 Å². The minimum Gasteiger partial charge on any atom is -0.298 e. The summed E-state index contributed by atoms with van der Waals surface area (Å²) in [5.41, 5.74) is 1.84. The first kappa shape index (κ1) is 18.7. The Hall–Kier alpha value is -1.64. The lowest BCUT2D eigenvalue weighted by Crippen LogP contribution is -2.25. The van der Waals surface area contributed by atoms with Gasteiger partial charge in [-0.15, -0.1) is 23.1 Å². The maximum atomic E-state index is 12.7. The number of thiazole rings is 1. The Labute approximate surface area is 169 Å². The standard InChI is InChI=1S/C19H19N3O2S3/c1-3-22-18(24)17-14(8-11(2)26-17)21-19(22)25-10-12(23)9-16-20-13-6-4-5-7-15(13)27-16/h4-7,11H,3,8-10H2,1-2H3. The molecule has 140 valence electrons. The number of hydrogen-bond acceptors (Lipinski definition) is 7. The molecule has 0 saturated carbocycles. The van der Waals surface area contributed by atoms with Gasteiger partial charge in [-0.2, -0.15) is 0 Å². The second-order valence-electron chi connectivity index (χ2n) is 6.43. The van der Waals surface area contributed by atoms with Crippen LogP contribution in [0.15, 0.2) is 39.1 Å². The Morgan fingerprint density at radius 2 is 2.15 bits per heavy atom. The van der Waals surface area contributed by atoms with Gasteiger partial charge in [0, 0.05) is 18.2 Å². The smallest absolute Gasteiger partial charge is 0.268 e. The quantitative estimate of drug-likeness (QED) is 0.449. The van der Waals surface area contributed by atoms with Crippen LogP contribution in [0.2, 0.25) is 0 Å². The Bertz CT molecular complexity index is 1040. The van der Waals surface area contributed by atoms with Gasteiger partial charge in [0.05, 0.1) is 33.0 Å². The highest BCUT2D eigenvalue weighted by atomic mass is 32.2. The highest BCUT2D eigenvalue weighted by Gasteiger charge is 2.26. The lowest BCUT2D eigenvalue weighted by Gasteiger charge is -2.11. The molecule has 0 radical (unpaired) electrons. The van der Waals surface area contributed by atoms with E-state index in [0.717, 1.165) is 32.2 Å². The van der Waals surface area contributed by atoms with Crippen molar-refractivity contribution in [2.75, 3.05) is 5.75 Å². The van der Waals surface area contributed by atoms with E-state index in [4.69, 9.17) is 0 Å². The lowest BCUT2D eigenvalue weighted by molar-refractivity contribution is -0.116. The molecule has 1 unspecified atom stereocenters. The third-order valence-electron chi connectivity index (χ3n) is 4.33. The summed E-state index contributed by atoms with van der Waals surface area (Å²) in [5, 5.41) is 1.86. The van der Waals surface area contributed by atoms with Crippen molar-refractivity contribution in [1.82, 2.24) is 14.5 Å². The molecule has 0 saturated heterocycles. The van der Waals surface area contributed by atoms with Crippen LogP contribution < -0.4 is 5.56 Å². The van der Waals surface area contributed by atoms with Gasteiger partial charge in [0.25, 0.3) is 5.56 Å². The van der Waals surface area contributed by atoms with Gasteiger partial charge < -0.3 is 0 Å². The van der Waals surface area contributed by atoms with Crippen LogP contribution >= 0.6 is 34.9 Å². The summed E-state index contributed by atoms with van der Waals surface area (Å²) in [7, 11) is 0. The second kappa shape index (κ2) is 7.77. The molecule has 0 fully saturated rings. The van der Waals surface area contributed by atoms with E-state index in [2.05, 4.69) is 16.9 Å². The number of thioether (sulfide) groups is 2. The zero-order chi connectivity index (χ0) is 19.0. The summed E-state index contributed by atoms with van der Waals surface area (Å²) >= 11 is 4.52. The van der Waals surface area contributed by atoms with Crippen LogP contribution in [0, 0.1) is 0 Å². The topological polar surface area (TPSA) is 64.8 Å². The molecule has 0 spiro atoms. The van der Waals surface area contributed by atoms with Crippen LogP contribution in [-0.2, 0) is 24.2 Å². The number of fused-ring (bicyclic) bond motifs is 2. The fourth-order valence-electron chi connectivity index (χ4n) is 3.08. The first-order valence-corrected chi connectivity index (χ1v) is 11.5. The van der Waals surface area contributed by atoms with Crippen LogP contribution in [0.25, 0.3) is 10.2 Å². The Morgan fingerprint density at radius 1 is 1.33 bits per heavy atom. The van der Waals surface area contributed by atoms with E-state index < -0.39 is 0 Å². The van der Waals surface area contributed by atoms with Crippen molar-refractivity contribution in [2.24, 2.45) is 0 Å². The maximum Gasteiger partial charge on any atom is 0.268 e. The third kappa shape index (κ3) is 3.83. The molecule has 2 aromatic heterocycles. The van der Waals surface area contributed by atoms with Crippen LogP contribution in [0.3, 0.4) is 0 Å². The summed E-state index contributed by atoms with van der Waals surface area (Å²) < 4.78 is 2.78. The van der Waals surface area contributed by atoms with Crippen molar-refractivity contribution in [3.63, 3.8) is 0 Å². The minimum absolute atomic E-state index is 0.0259. The number of benzene rings is 1. The molecule has 8 heteroatoms. The largest absolute Gasteiger partial charge is 0.298 e. The normalized spacial score (nSPS) is 16.0. The zero-order valence-electron chi connectivity index (χ0n) is 15.1. The number of ketones is 1.